The second kappa shape index (κ2) is 33.8. The van der Waals surface area contributed by atoms with Crippen LogP contribution in [0.3, 0.4) is 0 Å². The first kappa shape index (κ1) is 51.2. The van der Waals surface area contributed by atoms with Crippen molar-refractivity contribution in [2.45, 2.75) is 195 Å². The van der Waals surface area contributed by atoms with Crippen molar-refractivity contribution in [3.05, 3.63) is 42.5 Å². The minimum Gasteiger partial charge on any atom is -0.462 e. The van der Waals surface area contributed by atoms with Gasteiger partial charge in [-0.3, -0.25) is 4.79 Å². The fraction of sp³-hybridized carbons (Fsp3) is 0.766. The van der Waals surface area contributed by atoms with Crippen LogP contribution in [0.15, 0.2) is 47.4 Å². The average molecular weight is 819 g/mol. The van der Waals surface area contributed by atoms with Crippen molar-refractivity contribution in [1.29, 1.82) is 0 Å². The quantitative estimate of drug-likeness (QED) is 0.0305. The number of hydrogen-bond donors (Lipinski definition) is 1. The third kappa shape index (κ3) is 23.4. The minimum atomic E-state index is -0.774. The second-order valence-corrected chi connectivity index (χ2v) is 17.0. The molecule has 1 aromatic rings. The molecule has 0 spiro atoms. The van der Waals surface area contributed by atoms with Crippen LogP contribution < -0.4 is 0 Å². The van der Waals surface area contributed by atoms with Gasteiger partial charge < -0.3 is 38.3 Å². The Labute approximate surface area is 351 Å². The van der Waals surface area contributed by atoms with Gasteiger partial charge in [-0.25, -0.2) is 0 Å². The van der Waals surface area contributed by atoms with E-state index in [1.165, 1.54) is 57.8 Å². The molecular weight excluding hydrogens is 741 g/mol. The van der Waals surface area contributed by atoms with E-state index in [9.17, 15) is 9.90 Å². The number of carbonyl (C=O) groups excluding carboxylic acids is 1. The molecule has 0 aliphatic carbocycles. The molecule has 2 rings (SSSR count). The van der Waals surface area contributed by atoms with Crippen molar-refractivity contribution < 1.29 is 43.1 Å². The van der Waals surface area contributed by atoms with Gasteiger partial charge in [0.1, 0.15) is 31.2 Å². The lowest BCUT2D eigenvalue weighted by Crippen LogP contribution is -2.36. The molecule has 1 aromatic carbocycles. The van der Waals surface area contributed by atoms with Gasteiger partial charge in [0.05, 0.1) is 24.4 Å². The first-order valence-corrected chi connectivity index (χ1v) is 22.8. The molecule has 0 saturated carbocycles. The van der Waals surface area contributed by atoms with E-state index >= 15 is 0 Å². The molecular formula is C47H78O9S. The number of carbonyl (C=O) groups is 1. The molecule has 1 fully saturated rings. The number of cyclic esters (lactones) is 1. The maximum Gasteiger partial charge on any atom is 0.322 e. The monoisotopic (exact) mass is 819 g/mol. The fourth-order valence-corrected chi connectivity index (χ4v) is 8.84. The van der Waals surface area contributed by atoms with E-state index in [1.807, 2.05) is 31.2 Å². The first-order chi connectivity index (χ1) is 27.9. The van der Waals surface area contributed by atoms with Gasteiger partial charge >= 0.3 is 5.97 Å². The van der Waals surface area contributed by atoms with Gasteiger partial charge in [0.2, 0.25) is 0 Å². The Morgan fingerprint density at radius 2 is 1.32 bits per heavy atom. The molecule has 57 heavy (non-hydrogen) atoms. The van der Waals surface area contributed by atoms with E-state index in [-0.39, 0.29) is 44.7 Å². The summed E-state index contributed by atoms with van der Waals surface area (Å²) < 4.78 is 39.0. The zero-order valence-corrected chi connectivity index (χ0v) is 37.0. The Morgan fingerprint density at radius 1 is 0.772 bits per heavy atom. The molecule has 1 aliphatic rings. The number of hydrogen-bond acceptors (Lipinski definition) is 10. The van der Waals surface area contributed by atoms with Gasteiger partial charge in [-0.05, 0) is 63.7 Å². The fourth-order valence-electron chi connectivity index (χ4n) is 7.40. The highest BCUT2D eigenvalue weighted by molar-refractivity contribution is 8.01. The Hall–Kier alpha value is -1.94. The number of esters is 1. The lowest BCUT2D eigenvalue weighted by Gasteiger charge is -2.29. The summed E-state index contributed by atoms with van der Waals surface area (Å²) in [4.78, 5) is 14.0. The van der Waals surface area contributed by atoms with Crippen LogP contribution in [0.1, 0.15) is 155 Å². The van der Waals surface area contributed by atoms with E-state index < -0.39 is 17.0 Å². The van der Waals surface area contributed by atoms with E-state index in [0.29, 0.717) is 19.3 Å². The Morgan fingerprint density at radius 3 is 1.91 bits per heavy atom. The summed E-state index contributed by atoms with van der Waals surface area (Å²) in [5.41, 5.74) is 0. The van der Waals surface area contributed by atoms with E-state index in [2.05, 4.69) is 37.0 Å². The van der Waals surface area contributed by atoms with Gasteiger partial charge in [-0.2, -0.15) is 0 Å². The van der Waals surface area contributed by atoms with Gasteiger partial charge in [0.25, 0.3) is 0 Å². The molecule has 0 bridgehead atoms. The SMILES string of the molecule is CCCCCCCCCCCC[C@H](OCOC)[C@H](CC[C@@H](OCOC)[C@H](O)CC#C/C=C/CCCCCCCC1(Sc2ccccc2)C[C@H](C)OC1=O)OCOC. The maximum absolute atomic E-state index is 12.9. The molecule has 1 heterocycles. The second-order valence-electron chi connectivity index (χ2n) is 15.5. The smallest absolute Gasteiger partial charge is 0.322 e. The largest absolute Gasteiger partial charge is 0.462 e. The van der Waals surface area contributed by atoms with Crippen molar-refractivity contribution in [3.63, 3.8) is 0 Å². The number of methoxy groups -OCH3 is 3. The van der Waals surface area contributed by atoms with Crippen LogP contribution >= 0.6 is 11.8 Å². The van der Waals surface area contributed by atoms with Crippen LogP contribution in [0, 0.1) is 11.8 Å². The van der Waals surface area contributed by atoms with Gasteiger partial charge in [-0.15, -0.1) is 11.8 Å². The van der Waals surface area contributed by atoms with E-state index in [0.717, 1.165) is 69.1 Å². The summed E-state index contributed by atoms with van der Waals surface area (Å²) in [5, 5.41) is 11.1. The van der Waals surface area contributed by atoms with Crippen LogP contribution in [0.25, 0.3) is 0 Å². The molecule has 326 valence electrons. The molecule has 1 aliphatic heterocycles. The first-order valence-electron chi connectivity index (χ1n) is 22.0. The maximum atomic E-state index is 12.9. The zero-order chi connectivity index (χ0) is 41.2. The predicted octanol–water partition coefficient (Wildman–Crippen LogP) is 11.0. The molecule has 0 amide bonds. The highest BCUT2D eigenvalue weighted by Crippen LogP contribution is 2.46. The van der Waals surface area contributed by atoms with Crippen LogP contribution in [0.2, 0.25) is 0 Å². The summed E-state index contributed by atoms with van der Waals surface area (Å²) in [5.74, 6) is 6.14. The Kier molecular flexibility index (Phi) is 30.4. The lowest BCUT2D eigenvalue weighted by molar-refractivity contribution is -0.167. The van der Waals surface area contributed by atoms with Crippen molar-refractivity contribution in [1.82, 2.24) is 0 Å². The highest BCUT2D eigenvalue weighted by atomic mass is 32.2. The number of benzene rings is 1. The van der Waals surface area contributed by atoms with Gasteiger partial charge in [0, 0.05) is 39.1 Å². The molecule has 1 unspecified atom stereocenters. The number of aliphatic hydroxyl groups is 1. The molecule has 1 saturated heterocycles. The number of aliphatic hydroxyl groups excluding tert-OH is 1. The Bertz CT molecular complexity index is 1200. The molecule has 6 atom stereocenters. The van der Waals surface area contributed by atoms with Crippen molar-refractivity contribution >= 4 is 17.7 Å². The zero-order valence-electron chi connectivity index (χ0n) is 36.2. The van der Waals surface area contributed by atoms with Crippen molar-refractivity contribution in [3.8, 4) is 11.8 Å². The molecule has 10 heteroatoms. The number of allylic oxidation sites excluding steroid dienone is 2. The highest BCUT2D eigenvalue weighted by Gasteiger charge is 2.48. The molecule has 9 nitrogen and oxygen atoms in total. The summed E-state index contributed by atoms with van der Waals surface area (Å²) in [6, 6.07) is 10.2. The third-order valence-electron chi connectivity index (χ3n) is 10.5. The van der Waals surface area contributed by atoms with Crippen LogP contribution in [-0.2, 0) is 38.0 Å². The number of unbranched alkanes of at least 4 members (excludes halogenated alkanes) is 14. The Balaban J connectivity index is 1.74. The summed E-state index contributed by atoms with van der Waals surface area (Å²) >= 11 is 1.67. The lowest BCUT2D eigenvalue weighted by atomic mass is 9.96. The number of ether oxygens (including phenoxy) is 7. The van der Waals surface area contributed by atoms with Crippen molar-refractivity contribution in [2.24, 2.45) is 0 Å². The predicted molar refractivity (Wildman–Crippen MR) is 231 cm³/mol. The van der Waals surface area contributed by atoms with Crippen LogP contribution in [0.4, 0.5) is 0 Å². The molecule has 1 N–H and O–H groups in total. The minimum absolute atomic E-state index is 0.0276. The van der Waals surface area contributed by atoms with E-state index in [1.54, 1.807) is 33.1 Å². The summed E-state index contributed by atoms with van der Waals surface area (Å²) in [6.07, 6.45) is 25.5. The number of rotatable bonds is 36. The molecule has 0 radical (unpaired) electrons. The standard InChI is InChI=1S/C47H78O9S/c1-6-7-8-9-10-11-15-18-21-27-32-44(54-38-51-4)45(55-39-52-5)34-33-43(53-37-50-3)42(48)31-26-20-17-14-12-13-16-19-22-28-35-47(36-40(2)56-46(47)49)57-41-29-24-23-25-30-41/h14,17,23-25,29-30,40,42-45,48H,6-13,15-16,18-19,21-22,27-28,31-39H2,1-5H3/b17-14+/t40-,42+,43+,44-,45-,47?/m0/s1. The molecule has 0 aromatic heterocycles. The summed E-state index contributed by atoms with van der Waals surface area (Å²) in [7, 11) is 4.83. The van der Waals surface area contributed by atoms with E-state index in [4.69, 9.17) is 33.2 Å². The number of thioether (sulfide) groups is 1. The van der Waals surface area contributed by atoms with Crippen LogP contribution in [-0.4, -0.2) is 88.1 Å². The average Bonchev–Trinajstić information content (AvgIpc) is 3.49. The normalized spacial score (nSPS) is 19.0. The third-order valence-corrected chi connectivity index (χ3v) is 12.0. The summed E-state index contributed by atoms with van der Waals surface area (Å²) in [6.45, 7) is 4.69. The van der Waals surface area contributed by atoms with Gasteiger partial charge in [-0.1, -0.05) is 133 Å². The van der Waals surface area contributed by atoms with Crippen molar-refractivity contribution in [2.75, 3.05) is 41.7 Å². The van der Waals surface area contributed by atoms with Crippen LogP contribution in [0.5, 0.6) is 0 Å². The topological polar surface area (TPSA) is 102 Å². The van der Waals surface area contributed by atoms with Gasteiger partial charge in [0.15, 0.2) is 0 Å².